The van der Waals surface area contributed by atoms with E-state index >= 15 is 0 Å². The van der Waals surface area contributed by atoms with Gasteiger partial charge in [0.1, 0.15) is 5.58 Å². The van der Waals surface area contributed by atoms with Gasteiger partial charge >= 0.3 is 0 Å². The highest BCUT2D eigenvalue weighted by Gasteiger charge is 2.16. The van der Waals surface area contributed by atoms with Crippen molar-refractivity contribution in [2.24, 2.45) is 5.41 Å². The van der Waals surface area contributed by atoms with Crippen LogP contribution in [-0.4, -0.2) is 9.97 Å². The Balaban J connectivity index is 1.68. The minimum atomic E-state index is -1.43. The fourth-order valence-corrected chi connectivity index (χ4v) is 4.59. The van der Waals surface area contributed by atoms with Gasteiger partial charge in [0.2, 0.25) is 5.71 Å². The first-order chi connectivity index (χ1) is 14.1. The third kappa shape index (κ3) is 2.98. The highest BCUT2D eigenvalue weighted by Crippen LogP contribution is 2.36. The van der Waals surface area contributed by atoms with E-state index in [0.29, 0.717) is 10.6 Å². The van der Waals surface area contributed by atoms with Crippen LogP contribution >= 0.6 is 11.3 Å². The summed E-state index contributed by atoms with van der Waals surface area (Å²) in [7, 11) is 0. The van der Waals surface area contributed by atoms with Crippen molar-refractivity contribution in [2.75, 3.05) is 0 Å². The van der Waals surface area contributed by atoms with Crippen LogP contribution in [0, 0.1) is 12.3 Å². The molecule has 5 rings (SSSR count). The predicted octanol–water partition coefficient (Wildman–Crippen LogP) is 7.15. The average molecular weight is 389 g/mol. The second kappa shape index (κ2) is 6.14. The molecule has 5 aromatic rings. The molecule has 0 spiro atoms. The molecular formula is C24H22N2OS. The highest BCUT2D eigenvalue weighted by molar-refractivity contribution is 7.19. The number of hydrogen-bond acceptors (Lipinski definition) is 4. The van der Waals surface area contributed by atoms with E-state index in [0.717, 1.165) is 43.5 Å². The molecule has 0 radical (unpaired) electrons. The van der Waals surface area contributed by atoms with Crippen LogP contribution in [0.4, 0.5) is 0 Å². The van der Waals surface area contributed by atoms with E-state index in [4.69, 9.17) is 12.1 Å². The molecule has 0 aliphatic carbocycles. The third-order valence-electron chi connectivity index (χ3n) is 4.65. The Labute approximate surface area is 170 Å². The Morgan fingerprint density at radius 2 is 1.89 bits per heavy atom. The monoisotopic (exact) mass is 388 g/mol. The van der Waals surface area contributed by atoms with E-state index in [-0.39, 0.29) is 0 Å². The van der Waals surface area contributed by atoms with Gasteiger partial charge in [0.15, 0.2) is 0 Å². The lowest BCUT2D eigenvalue weighted by molar-refractivity contribution is 0.415. The molecule has 0 aliphatic heterocycles. The van der Waals surface area contributed by atoms with Crippen LogP contribution in [0.15, 0.2) is 52.9 Å². The molecular weight excluding hydrogens is 364 g/mol. The molecule has 0 bridgehead atoms. The van der Waals surface area contributed by atoms with E-state index in [9.17, 15) is 0 Å². The van der Waals surface area contributed by atoms with Crippen molar-refractivity contribution >= 4 is 43.6 Å². The fraction of sp³-hybridized carbons (Fsp3) is 0.250. The number of hydrogen-bond donors (Lipinski definition) is 0. The van der Waals surface area contributed by atoms with E-state index in [1.165, 1.54) is 11.3 Å². The number of fused-ring (bicyclic) bond motifs is 4. The maximum absolute atomic E-state index is 8.58. The molecule has 4 heterocycles. The molecule has 0 saturated heterocycles. The molecule has 1 aromatic carbocycles. The summed E-state index contributed by atoms with van der Waals surface area (Å²) in [6.07, 6.45) is -1.43. The molecule has 4 heteroatoms. The summed E-state index contributed by atoms with van der Waals surface area (Å²) >= 11 is 1.47. The summed E-state index contributed by atoms with van der Waals surface area (Å²) < 4.78 is 24.3. The van der Waals surface area contributed by atoms with Gasteiger partial charge in [-0.15, -0.1) is 11.3 Å². The van der Waals surface area contributed by atoms with Gasteiger partial charge in [-0.3, -0.25) is 0 Å². The number of furan rings is 1. The van der Waals surface area contributed by atoms with Crippen LogP contribution in [0.1, 0.15) is 34.1 Å². The van der Waals surface area contributed by atoms with Gasteiger partial charge in [0.25, 0.3) is 0 Å². The Kier molecular flexibility index (Phi) is 3.34. The zero-order valence-electron chi connectivity index (χ0n) is 18.3. The van der Waals surface area contributed by atoms with Gasteiger partial charge in [-0.25, -0.2) is 9.97 Å². The van der Waals surface area contributed by atoms with Crippen molar-refractivity contribution < 1.29 is 7.16 Å². The fourth-order valence-electron chi connectivity index (χ4n) is 3.48. The smallest absolute Gasteiger partial charge is 0.227 e. The standard InChI is InChI=1S/C24H22N2OS/c1-14-8-9-17-16-6-5-7-18(22(16)27-23(17)25-14)19-10-11-21-20(26-19)12-15(28-21)13-24(2,3)4/h5-12H,13H2,1-4H3/i13D2. The van der Waals surface area contributed by atoms with E-state index in [1.807, 2.05) is 76.2 Å². The number of benzene rings is 1. The summed E-state index contributed by atoms with van der Waals surface area (Å²) in [6, 6.07) is 16.0. The molecule has 0 saturated carbocycles. The van der Waals surface area contributed by atoms with Gasteiger partial charge in [-0.2, -0.15) is 0 Å². The van der Waals surface area contributed by atoms with Gasteiger partial charge in [0, 0.05) is 29.6 Å². The molecule has 0 aliphatic rings. The molecule has 0 unspecified atom stereocenters. The maximum atomic E-state index is 8.58. The lowest BCUT2D eigenvalue weighted by atomic mass is 9.91. The number of aryl methyl sites for hydroxylation is 1. The van der Waals surface area contributed by atoms with Crippen molar-refractivity contribution in [3.05, 3.63) is 59.1 Å². The van der Waals surface area contributed by atoms with Crippen molar-refractivity contribution in [2.45, 2.75) is 34.1 Å². The Bertz CT molecular complexity index is 1430. The van der Waals surface area contributed by atoms with E-state index in [2.05, 4.69) is 4.98 Å². The lowest BCUT2D eigenvalue weighted by Gasteiger charge is -2.15. The van der Waals surface area contributed by atoms with Crippen LogP contribution in [-0.2, 0) is 6.37 Å². The Morgan fingerprint density at radius 3 is 2.71 bits per heavy atom. The normalized spacial score (nSPS) is 14.0. The second-order valence-corrected chi connectivity index (χ2v) is 9.24. The Morgan fingerprint density at radius 1 is 1.04 bits per heavy atom. The summed E-state index contributed by atoms with van der Waals surface area (Å²) in [4.78, 5) is 10.1. The number of aromatic nitrogens is 2. The van der Waals surface area contributed by atoms with Crippen LogP contribution in [0.5, 0.6) is 0 Å². The molecule has 4 aromatic heterocycles. The third-order valence-corrected chi connectivity index (χ3v) is 5.66. The second-order valence-electron chi connectivity index (χ2n) is 8.16. The van der Waals surface area contributed by atoms with E-state index in [1.54, 1.807) is 0 Å². The number of nitrogens with zero attached hydrogens (tertiary/aromatic N) is 2. The van der Waals surface area contributed by atoms with Crippen molar-refractivity contribution in [3.8, 4) is 11.3 Å². The largest absolute Gasteiger partial charge is 0.437 e. The zero-order valence-corrected chi connectivity index (χ0v) is 17.1. The molecule has 140 valence electrons. The first kappa shape index (κ1) is 15.2. The van der Waals surface area contributed by atoms with E-state index < -0.39 is 11.8 Å². The predicted molar refractivity (Wildman–Crippen MR) is 118 cm³/mol. The maximum Gasteiger partial charge on any atom is 0.227 e. The van der Waals surface area contributed by atoms with Gasteiger partial charge in [-0.05, 0) is 55.1 Å². The number of thiophene rings is 1. The first-order valence-electron chi connectivity index (χ1n) is 10.4. The van der Waals surface area contributed by atoms with Crippen molar-refractivity contribution in [1.29, 1.82) is 0 Å². The molecule has 0 fully saturated rings. The van der Waals surface area contributed by atoms with Crippen molar-refractivity contribution in [3.63, 3.8) is 0 Å². The van der Waals surface area contributed by atoms with Gasteiger partial charge in [0.05, 0.1) is 15.9 Å². The molecule has 3 nitrogen and oxygen atoms in total. The molecule has 0 atom stereocenters. The summed E-state index contributed by atoms with van der Waals surface area (Å²) in [6.45, 7) is 7.73. The summed E-state index contributed by atoms with van der Waals surface area (Å²) in [5.74, 6) is 0. The van der Waals surface area contributed by atoms with Crippen LogP contribution in [0.2, 0.25) is 0 Å². The van der Waals surface area contributed by atoms with Gasteiger partial charge < -0.3 is 4.42 Å². The molecule has 0 amide bonds. The minimum absolute atomic E-state index is 0.498. The number of para-hydroxylation sites is 1. The van der Waals surface area contributed by atoms with Crippen LogP contribution in [0.3, 0.4) is 0 Å². The summed E-state index contributed by atoms with van der Waals surface area (Å²) in [5, 5.41) is 2.02. The Hall–Kier alpha value is -2.72. The van der Waals surface area contributed by atoms with Crippen LogP contribution in [0.25, 0.3) is 43.5 Å². The minimum Gasteiger partial charge on any atom is -0.437 e. The lowest BCUT2D eigenvalue weighted by Crippen LogP contribution is -2.07. The number of rotatable bonds is 2. The molecule has 28 heavy (non-hydrogen) atoms. The molecule has 0 N–H and O–H groups in total. The quantitative estimate of drug-likeness (QED) is 0.322. The van der Waals surface area contributed by atoms with Crippen LogP contribution < -0.4 is 0 Å². The van der Waals surface area contributed by atoms with Gasteiger partial charge in [-0.1, -0.05) is 32.9 Å². The highest BCUT2D eigenvalue weighted by atomic mass is 32.1. The number of pyridine rings is 2. The average Bonchev–Trinajstić information content (AvgIpc) is 3.27. The first-order valence-corrected chi connectivity index (χ1v) is 10.2. The zero-order chi connectivity index (χ0) is 21.3. The topological polar surface area (TPSA) is 38.9 Å². The van der Waals surface area contributed by atoms with Crippen molar-refractivity contribution in [1.82, 2.24) is 9.97 Å². The summed E-state index contributed by atoms with van der Waals surface area (Å²) in [5.41, 5.74) is 4.36. The SMILES string of the molecule is [2H]C([2H])(c1cc2nc(-c3cccc4c3oc3nc(C)ccc34)ccc2s1)C(C)(C)C.